The summed E-state index contributed by atoms with van der Waals surface area (Å²) in [6.45, 7) is 0.468. The summed E-state index contributed by atoms with van der Waals surface area (Å²) in [5.41, 5.74) is 1.25. The smallest absolute Gasteiger partial charge is 0.266 e. The third-order valence-corrected chi connectivity index (χ3v) is 5.67. The van der Waals surface area contributed by atoms with Crippen LogP contribution in [0.1, 0.15) is 11.1 Å². The van der Waals surface area contributed by atoms with Gasteiger partial charge in [-0.2, -0.15) is 5.26 Å². The van der Waals surface area contributed by atoms with E-state index in [1.54, 1.807) is 18.2 Å². The van der Waals surface area contributed by atoms with Crippen LogP contribution in [0.15, 0.2) is 60.2 Å². The van der Waals surface area contributed by atoms with Crippen molar-refractivity contribution in [2.24, 2.45) is 0 Å². The number of ether oxygens (including phenoxy) is 4. The van der Waals surface area contributed by atoms with Gasteiger partial charge in [0.05, 0.1) is 16.4 Å². The number of carbonyl (C=O) groups excluding carboxylic acids is 1. The van der Waals surface area contributed by atoms with Crippen molar-refractivity contribution in [3.63, 3.8) is 0 Å². The van der Waals surface area contributed by atoms with Crippen molar-refractivity contribution in [2.75, 3.05) is 19.2 Å². The molecule has 9 heteroatoms. The monoisotopic (exact) mass is 572 g/mol. The molecule has 1 amide bonds. The summed E-state index contributed by atoms with van der Waals surface area (Å²) in [5, 5.41) is 11.9. The van der Waals surface area contributed by atoms with E-state index >= 15 is 0 Å². The van der Waals surface area contributed by atoms with Gasteiger partial charge in [-0.25, -0.2) is 4.39 Å². The van der Waals surface area contributed by atoms with E-state index in [4.69, 9.17) is 18.9 Å². The number of nitriles is 1. The Morgan fingerprint density at radius 1 is 1.21 bits per heavy atom. The number of nitrogens with one attached hydrogen (secondary N) is 1. The highest BCUT2D eigenvalue weighted by Gasteiger charge is 2.17. The van der Waals surface area contributed by atoms with Crippen LogP contribution in [0.4, 0.5) is 10.1 Å². The third kappa shape index (κ3) is 5.23. The Hall–Kier alpha value is -3.78. The number of carbonyl (C=O) groups is 1. The lowest BCUT2D eigenvalue weighted by atomic mass is 10.1. The number of methoxy groups -OCH3 is 1. The van der Waals surface area contributed by atoms with Crippen molar-refractivity contribution in [1.29, 1.82) is 5.26 Å². The Morgan fingerprint density at radius 3 is 2.76 bits per heavy atom. The number of hydrogen-bond donors (Lipinski definition) is 1. The second-order valence-electron chi connectivity index (χ2n) is 7.11. The fourth-order valence-corrected chi connectivity index (χ4v) is 4.00. The van der Waals surface area contributed by atoms with Crippen LogP contribution in [0.3, 0.4) is 0 Å². The van der Waals surface area contributed by atoms with E-state index in [0.29, 0.717) is 28.6 Å². The molecule has 34 heavy (non-hydrogen) atoms. The highest BCUT2D eigenvalue weighted by atomic mass is 127. The maximum Gasteiger partial charge on any atom is 0.266 e. The lowest BCUT2D eigenvalue weighted by Gasteiger charge is -2.14. The molecule has 0 aromatic heterocycles. The van der Waals surface area contributed by atoms with Crippen LogP contribution < -0.4 is 24.3 Å². The summed E-state index contributed by atoms with van der Waals surface area (Å²) >= 11 is 2.09. The molecule has 0 spiro atoms. The average molecular weight is 572 g/mol. The number of fused-ring (bicyclic) bond motifs is 1. The molecule has 1 N–H and O–H groups in total. The molecule has 1 aliphatic heterocycles. The second-order valence-corrected chi connectivity index (χ2v) is 8.28. The molecule has 3 aromatic rings. The van der Waals surface area contributed by atoms with Crippen molar-refractivity contribution in [3.05, 3.63) is 80.7 Å². The van der Waals surface area contributed by atoms with Crippen LogP contribution >= 0.6 is 22.6 Å². The molecule has 0 saturated carbocycles. The largest absolute Gasteiger partial charge is 0.493 e. The number of nitrogens with zero attached hydrogens (tertiary/aromatic N) is 1. The Morgan fingerprint density at radius 2 is 2.00 bits per heavy atom. The maximum atomic E-state index is 13.8. The molecule has 172 valence electrons. The topological polar surface area (TPSA) is 89.8 Å². The predicted octanol–water partition coefficient (Wildman–Crippen LogP) is 5.29. The number of hydrogen-bond acceptors (Lipinski definition) is 6. The van der Waals surface area contributed by atoms with Crippen molar-refractivity contribution < 1.29 is 28.1 Å². The first-order chi connectivity index (χ1) is 16.5. The van der Waals surface area contributed by atoms with Crippen LogP contribution in [0, 0.1) is 20.7 Å². The third-order valence-electron chi connectivity index (χ3n) is 4.87. The lowest BCUT2D eigenvalue weighted by Crippen LogP contribution is -2.14. The van der Waals surface area contributed by atoms with E-state index < -0.39 is 11.7 Å². The first-order valence-electron chi connectivity index (χ1n) is 10.0. The SMILES string of the molecule is COc1cc(/C=C(/C#N)C(=O)Nc2ccccc2F)cc(I)c1OCc1ccc2c(c1)OCO2. The van der Waals surface area contributed by atoms with E-state index in [1.807, 2.05) is 24.3 Å². The minimum Gasteiger partial charge on any atom is -0.493 e. The summed E-state index contributed by atoms with van der Waals surface area (Å²) in [7, 11) is 1.50. The van der Waals surface area contributed by atoms with Gasteiger partial charge in [0.2, 0.25) is 6.79 Å². The Balaban J connectivity index is 1.53. The first kappa shape index (κ1) is 23.4. The normalized spacial score (nSPS) is 12.1. The van der Waals surface area contributed by atoms with Crippen molar-refractivity contribution in [1.82, 2.24) is 0 Å². The molecule has 0 saturated heterocycles. The molecule has 0 radical (unpaired) electrons. The minimum absolute atomic E-state index is 0.00641. The molecular formula is C25H18FIN2O5. The molecule has 1 aliphatic rings. The van der Waals surface area contributed by atoms with E-state index in [9.17, 15) is 14.4 Å². The van der Waals surface area contributed by atoms with Gasteiger partial charge in [-0.1, -0.05) is 18.2 Å². The van der Waals surface area contributed by atoms with Crippen molar-refractivity contribution in [3.8, 4) is 29.1 Å². The van der Waals surface area contributed by atoms with E-state index in [1.165, 1.54) is 31.4 Å². The van der Waals surface area contributed by atoms with Gasteiger partial charge in [-0.05, 0) is 76.2 Å². The molecule has 1 heterocycles. The van der Waals surface area contributed by atoms with Gasteiger partial charge in [0.25, 0.3) is 5.91 Å². The summed E-state index contributed by atoms with van der Waals surface area (Å²) < 4.78 is 36.8. The zero-order valence-electron chi connectivity index (χ0n) is 17.9. The lowest BCUT2D eigenvalue weighted by molar-refractivity contribution is -0.112. The molecule has 0 aliphatic carbocycles. The summed E-state index contributed by atoms with van der Waals surface area (Å²) in [6.07, 6.45) is 1.41. The molecule has 3 aromatic carbocycles. The van der Waals surface area contributed by atoms with Crippen LogP contribution in [-0.2, 0) is 11.4 Å². The van der Waals surface area contributed by atoms with Crippen LogP contribution in [0.5, 0.6) is 23.0 Å². The van der Waals surface area contributed by atoms with Crippen LogP contribution in [-0.4, -0.2) is 19.8 Å². The Kier molecular flexibility index (Phi) is 7.18. The highest BCUT2D eigenvalue weighted by molar-refractivity contribution is 14.1. The number of rotatable bonds is 7. The van der Waals surface area contributed by atoms with E-state index in [0.717, 1.165) is 9.13 Å². The molecule has 0 atom stereocenters. The summed E-state index contributed by atoms with van der Waals surface area (Å²) in [5.74, 6) is 1.01. The summed E-state index contributed by atoms with van der Waals surface area (Å²) in [4.78, 5) is 12.5. The van der Waals surface area contributed by atoms with Gasteiger partial charge >= 0.3 is 0 Å². The van der Waals surface area contributed by atoms with E-state index in [-0.39, 0.29) is 24.7 Å². The van der Waals surface area contributed by atoms with Gasteiger partial charge in [-0.3, -0.25) is 4.79 Å². The number of para-hydroxylation sites is 1. The van der Waals surface area contributed by atoms with Crippen molar-refractivity contribution >= 4 is 40.3 Å². The quantitative estimate of drug-likeness (QED) is 0.235. The number of halogens is 2. The fraction of sp³-hybridized carbons (Fsp3) is 0.120. The number of amides is 1. The number of anilines is 1. The predicted molar refractivity (Wildman–Crippen MR) is 131 cm³/mol. The Bertz CT molecular complexity index is 1320. The van der Waals surface area contributed by atoms with Crippen molar-refractivity contribution in [2.45, 2.75) is 6.61 Å². The minimum atomic E-state index is -0.718. The average Bonchev–Trinajstić information content (AvgIpc) is 3.31. The molecule has 0 unspecified atom stereocenters. The highest BCUT2D eigenvalue weighted by Crippen LogP contribution is 2.36. The molecule has 0 bridgehead atoms. The number of benzene rings is 3. The van der Waals surface area contributed by atoms with Gasteiger partial charge < -0.3 is 24.3 Å². The maximum absolute atomic E-state index is 13.8. The van der Waals surface area contributed by atoms with Gasteiger partial charge in [0, 0.05) is 0 Å². The van der Waals surface area contributed by atoms with Crippen LogP contribution in [0.25, 0.3) is 6.08 Å². The van der Waals surface area contributed by atoms with E-state index in [2.05, 4.69) is 27.9 Å². The van der Waals surface area contributed by atoms with Gasteiger partial charge in [0.15, 0.2) is 23.0 Å². The molecular weight excluding hydrogens is 554 g/mol. The van der Waals surface area contributed by atoms with Crippen LogP contribution in [0.2, 0.25) is 0 Å². The van der Waals surface area contributed by atoms with Gasteiger partial charge in [-0.15, -0.1) is 0 Å². The zero-order valence-corrected chi connectivity index (χ0v) is 20.1. The standard InChI is InChI=1S/C25H18FIN2O5/c1-31-23-11-16(8-17(12-28)25(30)29-20-5-3-2-4-18(20)26)9-19(27)24(23)32-13-15-6-7-21-22(10-15)34-14-33-21/h2-11H,13-14H2,1H3,(H,29,30)/b17-8-. The zero-order chi connectivity index (χ0) is 24.1. The van der Waals surface area contributed by atoms with Gasteiger partial charge in [0.1, 0.15) is 24.1 Å². The fourth-order valence-electron chi connectivity index (χ4n) is 3.22. The summed E-state index contributed by atoms with van der Waals surface area (Å²) in [6, 6.07) is 16.6. The second kappa shape index (κ2) is 10.4. The Labute approximate surface area is 208 Å². The first-order valence-corrected chi connectivity index (χ1v) is 11.1. The molecule has 4 rings (SSSR count). The molecule has 0 fully saturated rings. The molecule has 7 nitrogen and oxygen atoms in total.